The molecule has 1 aliphatic carbocycles. The van der Waals surface area contributed by atoms with Crippen LogP contribution < -0.4 is 0 Å². The number of nitrogens with zero attached hydrogens (tertiary/aromatic N) is 1. The lowest BCUT2D eigenvalue weighted by Gasteiger charge is -2.15. The molecule has 2 atom stereocenters. The highest BCUT2D eigenvalue weighted by molar-refractivity contribution is 5.82. The molecular formula is C9H15NO3. The molecule has 0 aromatic rings. The van der Waals surface area contributed by atoms with Crippen LogP contribution in [0.4, 0.5) is 0 Å². The zero-order valence-corrected chi connectivity index (χ0v) is 8.03. The van der Waals surface area contributed by atoms with Crippen LogP contribution in [-0.2, 0) is 14.3 Å². The second-order valence-electron chi connectivity index (χ2n) is 3.37. The molecule has 0 heterocycles. The SMILES string of the molecule is CCCN(C)C(=O)C1CC1OC=O. The molecule has 0 aliphatic heterocycles. The number of hydrogen-bond donors (Lipinski definition) is 0. The summed E-state index contributed by atoms with van der Waals surface area (Å²) in [5, 5.41) is 0. The Morgan fingerprint density at radius 3 is 2.92 bits per heavy atom. The van der Waals surface area contributed by atoms with Gasteiger partial charge in [0.05, 0.1) is 5.92 Å². The number of carbonyl (C=O) groups excluding carboxylic acids is 2. The van der Waals surface area contributed by atoms with E-state index in [-0.39, 0.29) is 17.9 Å². The van der Waals surface area contributed by atoms with E-state index >= 15 is 0 Å². The van der Waals surface area contributed by atoms with Gasteiger partial charge in [0, 0.05) is 20.0 Å². The lowest BCUT2D eigenvalue weighted by Crippen LogP contribution is -2.29. The summed E-state index contributed by atoms with van der Waals surface area (Å²) in [5.74, 6) is 0.00968. The van der Waals surface area contributed by atoms with Gasteiger partial charge >= 0.3 is 0 Å². The lowest BCUT2D eigenvalue weighted by molar-refractivity contribution is -0.135. The van der Waals surface area contributed by atoms with Crippen molar-refractivity contribution in [3.8, 4) is 0 Å². The maximum atomic E-state index is 11.5. The topological polar surface area (TPSA) is 46.6 Å². The van der Waals surface area contributed by atoms with Gasteiger partial charge in [-0.1, -0.05) is 6.92 Å². The van der Waals surface area contributed by atoms with Crippen LogP contribution in [0.25, 0.3) is 0 Å². The van der Waals surface area contributed by atoms with Crippen molar-refractivity contribution in [2.24, 2.45) is 5.92 Å². The molecular weight excluding hydrogens is 170 g/mol. The van der Waals surface area contributed by atoms with Crippen molar-refractivity contribution in [3.05, 3.63) is 0 Å². The van der Waals surface area contributed by atoms with E-state index in [9.17, 15) is 9.59 Å². The van der Waals surface area contributed by atoms with E-state index in [0.29, 0.717) is 12.9 Å². The number of hydrogen-bond acceptors (Lipinski definition) is 3. The van der Waals surface area contributed by atoms with Gasteiger partial charge in [0.15, 0.2) is 0 Å². The highest BCUT2D eigenvalue weighted by Crippen LogP contribution is 2.34. The molecule has 0 saturated heterocycles. The average Bonchev–Trinajstić information content (AvgIpc) is 2.84. The lowest BCUT2D eigenvalue weighted by atomic mass is 10.3. The Morgan fingerprint density at radius 2 is 2.38 bits per heavy atom. The summed E-state index contributed by atoms with van der Waals surface area (Å²) in [6.07, 6.45) is 1.48. The molecule has 0 bridgehead atoms. The molecule has 1 fully saturated rings. The summed E-state index contributed by atoms with van der Waals surface area (Å²) in [4.78, 5) is 23.2. The van der Waals surface area contributed by atoms with Crippen LogP contribution in [0.3, 0.4) is 0 Å². The van der Waals surface area contributed by atoms with Gasteiger partial charge < -0.3 is 9.64 Å². The molecule has 0 aromatic carbocycles. The highest BCUT2D eigenvalue weighted by Gasteiger charge is 2.46. The highest BCUT2D eigenvalue weighted by atomic mass is 16.5. The van der Waals surface area contributed by atoms with Crippen molar-refractivity contribution in [2.45, 2.75) is 25.9 Å². The molecule has 1 amide bonds. The Balaban J connectivity index is 2.29. The van der Waals surface area contributed by atoms with Crippen molar-refractivity contribution in [3.63, 3.8) is 0 Å². The molecule has 1 rings (SSSR count). The Morgan fingerprint density at radius 1 is 1.69 bits per heavy atom. The molecule has 0 spiro atoms. The van der Waals surface area contributed by atoms with Gasteiger partial charge in [-0.05, 0) is 6.42 Å². The standard InChI is InChI=1S/C9H15NO3/c1-3-4-10(2)9(12)7-5-8(7)13-6-11/h6-8H,3-5H2,1-2H3. The molecule has 4 heteroatoms. The largest absolute Gasteiger partial charge is 0.464 e. The molecule has 0 N–H and O–H groups in total. The van der Waals surface area contributed by atoms with Gasteiger partial charge in [-0.25, -0.2) is 0 Å². The first-order valence-corrected chi connectivity index (χ1v) is 4.54. The van der Waals surface area contributed by atoms with Gasteiger partial charge in [-0.15, -0.1) is 0 Å². The second kappa shape index (κ2) is 4.25. The predicted octanol–water partition coefficient (Wildman–Crippen LogP) is 0.416. The van der Waals surface area contributed by atoms with E-state index in [0.717, 1.165) is 13.0 Å². The van der Waals surface area contributed by atoms with Gasteiger partial charge in [0.2, 0.25) is 5.91 Å². The predicted molar refractivity (Wildman–Crippen MR) is 47.0 cm³/mol. The third-order valence-electron chi connectivity index (χ3n) is 2.21. The summed E-state index contributed by atoms with van der Waals surface area (Å²) in [5.41, 5.74) is 0. The van der Waals surface area contributed by atoms with E-state index in [4.69, 9.17) is 0 Å². The minimum Gasteiger partial charge on any atom is -0.464 e. The third kappa shape index (κ3) is 2.44. The van der Waals surface area contributed by atoms with Crippen LogP contribution in [0.2, 0.25) is 0 Å². The van der Waals surface area contributed by atoms with Crippen LogP contribution in [-0.4, -0.2) is 37.0 Å². The summed E-state index contributed by atoms with van der Waals surface area (Å²) >= 11 is 0. The Labute approximate surface area is 77.8 Å². The van der Waals surface area contributed by atoms with Crippen molar-refractivity contribution in [1.82, 2.24) is 4.90 Å². The minimum atomic E-state index is -0.163. The van der Waals surface area contributed by atoms with Gasteiger partial charge in [-0.3, -0.25) is 9.59 Å². The first kappa shape index (κ1) is 10.0. The fraction of sp³-hybridized carbons (Fsp3) is 0.778. The fourth-order valence-electron chi connectivity index (χ4n) is 1.38. The van der Waals surface area contributed by atoms with Crippen molar-refractivity contribution >= 4 is 12.4 Å². The normalized spacial score (nSPS) is 25.1. The summed E-state index contributed by atoms with van der Waals surface area (Å²) in [6.45, 7) is 3.21. The van der Waals surface area contributed by atoms with E-state index in [2.05, 4.69) is 4.74 Å². The molecule has 74 valence electrons. The third-order valence-corrected chi connectivity index (χ3v) is 2.21. The zero-order chi connectivity index (χ0) is 9.84. The van der Waals surface area contributed by atoms with E-state index in [1.54, 1.807) is 11.9 Å². The van der Waals surface area contributed by atoms with Gasteiger partial charge in [0.1, 0.15) is 6.10 Å². The van der Waals surface area contributed by atoms with Crippen LogP contribution in [0.15, 0.2) is 0 Å². The maximum absolute atomic E-state index is 11.5. The average molecular weight is 185 g/mol. The second-order valence-corrected chi connectivity index (χ2v) is 3.37. The molecule has 0 aromatic heterocycles. The Hall–Kier alpha value is -1.06. The molecule has 2 unspecified atom stereocenters. The fourth-order valence-corrected chi connectivity index (χ4v) is 1.38. The van der Waals surface area contributed by atoms with E-state index in [1.807, 2.05) is 6.92 Å². The Kier molecular flexibility index (Phi) is 3.28. The first-order chi connectivity index (χ1) is 6.20. The molecule has 1 aliphatic rings. The van der Waals surface area contributed by atoms with Gasteiger partial charge in [0.25, 0.3) is 6.47 Å². The molecule has 1 saturated carbocycles. The molecule has 4 nitrogen and oxygen atoms in total. The number of carbonyl (C=O) groups is 2. The van der Waals surface area contributed by atoms with E-state index < -0.39 is 0 Å². The number of rotatable bonds is 5. The van der Waals surface area contributed by atoms with Crippen LogP contribution in [0.1, 0.15) is 19.8 Å². The number of ether oxygens (including phenoxy) is 1. The first-order valence-electron chi connectivity index (χ1n) is 4.54. The van der Waals surface area contributed by atoms with Crippen molar-refractivity contribution < 1.29 is 14.3 Å². The van der Waals surface area contributed by atoms with Crippen LogP contribution in [0, 0.1) is 5.92 Å². The van der Waals surface area contributed by atoms with Crippen LogP contribution in [0.5, 0.6) is 0 Å². The van der Waals surface area contributed by atoms with Crippen LogP contribution >= 0.6 is 0 Å². The monoisotopic (exact) mass is 185 g/mol. The molecule has 13 heavy (non-hydrogen) atoms. The minimum absolute atomic E-state index is 0.0817. The maximum Gasteiger partial charge on any atom is 0.293 e. The summed E-state index contributed by atoms with van der Waals surface area (Å²) in [7, 11) is 1.78. The summed E-state index contributed by atoms with van der Waals surface area (Å²) in [6, 6.07) is 0. The van der Waals surface area contributed by atoms with Crippen molar-refractivity contribution in [2.75, 3.05) is 13.6 Å². The van der Waals surface area contributed by atoms with Gasteiger partial charge in [-0.2, -0.15) is 0 Å². The summed E-state index contributed by atoms with van der Waals surface area (Å²) < 4.78 is 4.69. The van der Waals surface area contributed by atoms with Crippen molar-refractivity contribution in [1.29, 1.82) is 0 Å². The smallest absolute Gasteiger partial charge is 0.293 e. The quantitative estimate of drug-likeness (QED) is 0.583. The van der Waals surface area contributed by atoms with E-state index in [1.165, 1.54) is 0 Å². The molecule has 0 radical (unpaired) electrons. The number of amides is 1. The zero-order valence-electron chi connectivity index (χ0n) is 8.03. The Bertz CT molecular complexity index is 205.